The number of ether oxygens (including phenoxy) is 1. The lowest BCUT2D eigenvalue weighted by Crippen LogP contribution is -2.11. The van der Waals surface area contributed by atoms with Crippen LogP contribution in [0.1, 0.15) is 34.3 Å². The van der Waals surface area contributed by atoms with E-state index >= 15 is 0 Å². The summed E-state index contributed by atoms with van der Waals surface area (Å²) in [4.78, 5) is 34.9. The summed E-state index contributed by atoms with van der Waals surface area (Å²) in [6, 6.07) is 9.36. The van der Waals surface area contributed by atoms with Gasteiger partial charge in [-0.15, -0.1) is 0 Å². The topological polar surface area (TPSA) is 73.6 Å². The zero-order chi connectivity index (χ0) is 14.5. The Morgan fingerprint density at radius 2 is 1.80 bits per heavy atom. The lowest BCUT2D eigenvalue weighted by molar-refractivity contribution is -0.131. The van der Waals surface area contributed by atoms with Crippen LogP contribution in [0.4, 0.5) is 0 Å². The van der Waals surface area contributed by atoms with Gasteiger partial charge >= 0.3 is 5.97 Å². The number of furan rings is 1. The minimum atomic E-state index is -0.525. The van der Waals surface area contributed by atoms with Crippen LogP contribution in [0.2, 0.25) is 0 Å². The van der Waals surface area contributed by atoms with Gasteiger partial charge in [-0.05, 0) is 24.3 Å². The third-order valence-corrected chi connectivity index (χ3v) is 2.56. The van der Waals surface area contributed by atoms with Crippen LogP contribution in [0.25, 0.3) is 0 Å². The first-order chi connectivity index (χ1) is 9.58. The molecule has 0 fully saturated rings. The predicted molar refractivity (Wildman–Crippen MR) is 69.7 cm³/mol. The molecule has 5 heteroatoms. The summed E-state index contributed by atoms with van der Waals surface area (Å²) in [5.74, 6) is -1.09. The number of hydrogen-bond acceptors (Lipinski definition) is 5. The molecule has 102 valence electrons. The first-order valence-corrected chi connectivity index (χ1v) is 5.95. The van der Waals surface area contributed by atoms with E-state index in [9.17, 15) is 14.4 Å². The molecule has 0 saturated carbocycles. The van der Waals surface area contributed by atoms with Crippen LogP contribution < -0.4 is 4.74 Å². The Labute approximate surface area is 115 Å². The summed E-state index contributed by atoms with van der Waals surface area (Å²) in [5, 5.41) is 0. The smallest absolute Gasteiger partial charge is 0.308 e. The summed E-state index contributed by atoms with van der Waals surface area (Å²) < 4.78 is 9.88. The van der Waals surface area contributed by atoms with Crippen molar-refractivity contribution in [3.05, 3.63) is 54.0 Å². The molecule has 0 unspecified atom stereocenters. The van der Waals surface area contributed by atoms with Crippen molar-refractivity contribution in [2.45, 2.75) is 13.3 Å². The van der Waals surface area contributed by atoms with Gasteiger partial charge < -0.3 is 9.15 Å². The van der Waals surface area contributed by atoms with Gasteiger partial charge in [-0.1, -0.05) is 12.1 Å². The van der Waals surface area contributed by atoms with E-state index in [0.29, 0.717) is 0 Å². The second-order valence-corrected chi connectivity index (χ2v) is 4.09. The highest BCUT2D eigenvalue weighted by atomic mass is 16.5. The third-order valence-electron chi connectivity index (χ3n) is 2.56. The first-order valence-electron chi connectivity index (χ1n) is 5.95. The Hall–Kier alpha value is -2.69. The molecule has 2 rings (SSSR count). The predicted octanol–water partition coefficient (Wildman–Crippen LogP) is 2.66. The van der Waals surface area contributed by atoms with Crippen LogP contribution >= 0.6 is 0 Å². The number of rotatable bonds is 5. The fraction of sp³-hybridized carbons (Fsp3) is 0.133. The molecule has 20 heavy (non-hydrogen) atoms. The molecule has 5 nitrogen and oxygen atoms in total. The molecule has 1 aromatic heterocycles. The van der Waals surface area contributed by atoms with Crippen molar-refractivity contribution in [3.63, 3.8) is 0 Å². The first kappa shape index (κ1) is 13.7. The number of ketones is 2. The minimum Gasteiger partial charge on any atom is -0.461 e. The average molecular weight is 272 g/mol. The van der Waals surface area contributed by atoms with E-state index < -0.39 is 17.5 Å². The van der Waals surface area contributed by atoms with Crippen molar-refractivity contribution >= 4 is 17.5 Å². The van der Waals surface area contributed by atoms with Crippen molar-refractivity contribution in [1.82, 2.24) is 0 Å². The van der Waals surface area contributed by atoms with Crippen LogP contribution in [-0.4, -0.2) is 17.5 Å². The van der Waals surface area contributed by atoms with Gasteiger partial charge in [-0.3, -0.25) is 14.4 Å². The van der Waals surface area contributed by atoms with Crippen molar-refractivity contribution in [1.29, 1.82) is 0 Å². The maximum atomic E-state index is 12.1. The third kappa shape index (κ3) is 3.20. The summed E-state index contributed by atoms with van der Waals surface area (Å²) in [5.41, 5.74) is 0.197. The van der Waals surface area contributed by atoms with E-state index in [1.54, 1.807) is 18.2 Å². The normalized spacial score (nSPS) is 10.1. The SMILES string of the molecule is CC(=O)Oc1ccccc1C(=O)CC(=O)c1ccco1. The summed E-state index contributed by atoms with van der Waals surface area (Å²) >= 11 is 0. The average Bonchev–Trinajstić information content (AvgIpc) is 2.92. The Morgan fingerprint density at radius 1 is 1.05 bits per heavy atom. The maximum Gasteiger partial charge on any atom is 0.308 e. The number of benzene rings is 1. The second-order valence-electron chi connectivity index (χ2n) is 4.09. The zero-order valence-corrected chi connectivity index (χ0v) is 10.8. The Bertz CT molecular complexity index is 640. The minimum absolute atomic E-state index is 0.128. The van der Waals surface area contributed by atoms with E-state index in [1.165, 1.54) is 31.4 Å². The number of esters is 1. The number of para-hydroxylation sites is 1. The number of hydrogen-bond donors (Lipinski definition) is 0. The number of carbonyl (C=O) groups is 3. The lowest BCUT2D eigenvalue weighted by atomic mass is 10.0. The Morgan fingerprint density at radius 3 is 2.45 bits per heavy atom. The van der Waals surface area contributed by atoms with Gasteiger partial charge in [0.25, 0.3) is 0 Å². The van der Waals surface area contributed by atoms with Crippen molar-refractivity contribution in [2.75, 3.05) is 0 Å². The maximum absolute atomic E-state index is 12.1. The van der Waals surface area contributed by atoms with Gasteiger partial charge in [0.15, 0.2) is 11.5 Å². The van der Waals surface area contributed by atoms with Crippen LogP contribution in [-0.2, 0) is 4.79 Å². The van der Waals surface area contributed by atoms with Crippen molar-refractivity contribution in [3.8, 4) is 5.75 Å². The molecule has 0 saturated heterocycles. The molecule has 0 aliphatic carbocycles. The molecule has 0 N–H and O–H groups in total. The van der Waals surface area contributed by atoms with Gasteiger partial charge in [0, 0.05) is 6.92 Å². The highest BCUT2D eigenvalue weighted by Crippen LogP contribution is 2.20. The molecule has 1 aromatic carbocycles. The van der Waals surface area contributed by atoms with Crippen LogP contribution in [0.3, 0.4) is 0 Å². The van der Waals surface area contributed by atoms with E-state index in [2.05, 4.69) is 0 Å². The quantitative estimate of drug-likeness (QED) is 0.362. The van der Waals surface area contributed by atoms with Crippen molar-refractivity contribution in [2.24, 2.45) is 0 Å². The summed E-state index contributed by atoms with van der Waals surface area (Å²) in [6.45, 7) is 1.25. The monoisotopic (exact) mass is 272 g/mol. The van der Waals surface area contributed by atoms with Crippen LogP contribution in [0, 0.1) is 0 Å². The molecule has 2 aromatic rings. The molecule has 0 aliphatic heterocycles. The highest BCUT2D eigenvalue weighted by Gasteiger charge is 2.19. The van der Waals surface area contributed by atoms with E-state index in [1.807, 2.05) is 0 Å². The van der Waals surface area contributed by atoms with Gasteiger partial charge in [0.05, 0.1) is 18.2 Å². The van der Waals surface area contributed by atoms with Gasteiger partial charge in [-0.2, -0.15) is 0 Å². The second kappa shape index (κ2) is 5.97. The largest absolute Gasteiger partial charge is 0.461 e. The van der Waals surface area contributed by atoms with Crippen molar-refractivity contribution < 1.29 is 23.5 Å². The van der Waals surface area contributed by atoms with Gasteiger partial charge in [-0.25, -0.2) is 0 Å². The fourth-order valence-electron chi connectivity index (χ4n) is 1.71. The van der Waals surface area contributed by atoms with E-state index in [0.717, 1.165) is 0 Å². The summed E-state index contributed by atoms with van der Waals surface area (Å²) in [7, 11) is 0. The van der Waals surface area contributed by atoms with Crippen LogP contribution in [0.5, 0.6) is 5.75 Å². The molecule has 0 aliphatic rings. The fourth-order valence-corrected chi connectivity index (χ4v) is 1.71. The Kier molecular flexibility index (Phi) is 4.10. The van der Waals surface area contributed by atoms with Crippen LogP contribution in [0.15, 0.2) is 47.1 Å². The summed E-state index contributed by atoms with van der Waals surface area (Å²) in [6.07, 6.45) is 1.02. The molecule has 1 heterocycles. The molecule has 0 radical (unpaired) electrons. The number of carbonyl (C=O) groups excluding carboxylic acids is 3. The molecule has 0 bridgehead atoms. The molecule has 0 spiro atoms. The lowest BCUT2D eigenvalue weighted by Gasteiger charge is -2.07. The van der Waals surface area contributed by atoms with E-state index in [4.69, 9.17) is 9.15 Å². The van der Waals surface area contributed by atoms with E-state index in [-0.39, 0.29) is 23.5 Å². The zero-order valence-electron chi connectivity index (χ0n) is 10.8. The molecular formula is C15H12O5. The molecular weight excluding hydrogens is 260 g/mol. The van der Waals surface area contributed by atoms with Gasteiger partial charge in [0.2, 0.25) is 5.78 Å². The highest BCUT2D eigenvalue weighted by molar-refractivity contribution is 6.13. The Balaban J connectivity index is 2.17. The van der Waals surface area contributed by atoms with Gasteiger partial charge in [0.1, 0.15) is 5.75 Å². The standard InChI is InChI=1S/C15H12O5/c1-10(16)20-14-6-3-2-5-11(14)12(17)9-13(18)15-7-4-8-19-15/h2-8H,9H2,1H3. The molecule has 0 atom stereocenters. The molecule has 0 amide bonds. The number of Topliss-reactive ketones (excluding diaryl/α,β-unsaturated/α-hetero) is 2.